The van der Waals surface area contributed by atoms with Gasteiger partial charge in [0.2, 0.25) is 0 Å². The molecule has 0 fully saturated rings. The number of nitrogens with two attached hydrogens (primary N) is 1. The number of benzene rings is 2. The van der Waals surface area contributed by atoms with Gasteiger partial charge >= 0.3 is 0 Å². The lowest BCUT2D eigenvalue weighted by atomic mass is 10.2. The second-order valence-corrected chi connectivity index (χ2v) is 5.23. The number of hydrogen-bond acceptors (Lipinski definition) is 2. The Labute approximate surface area is 121 Å². The van der Waals surface area contributed by atoms with E-state index in [0.717, 1.165) is 4.47 Å². The minimum Gasteiger partial charge on any atom is -0.453 e. The van der Waals surface area contributed by atoms with E-state index in [-0.39, 0.29) is 12.3 Å². The summed E-state index contributed by atoms with van der Waals surface area (Å²) >= 11 is 6.52. The SMILES string of the molecule is NCc1ccc(Oc2ccccc2Br)c(F)c1Br. The lowest BCUT2D eigenvalue weighted by Crippen LogP contribution is -2.00. The van der Waals surface area contributed by atoms with Gasteiger partial charge in [0.15, 0.2) is 11.6 Å². The van der Waals surface area contributed by atoms with Crippen molar-refractivity contribution in [2.45, 2.75) is 6.54 Å². The average Bonchev–Trinajstić information content (AvgIpc) is 2.38. The van der Waals surface area contributed by atoms with Gasteiger partial charge in [0, 0.05) is 6.54 Å². The second kappa shape index (κ2) is 5.82. The van der Waals surface area contributed by atoms with Crippen LogP contribution in [-0.4, -0.2) is 0 Å². The Morgan fingerprint density at radius 2 is 1.78 bits per heavy atom. The van der Waals surface area contributed by atoms with Crippen molar-refractivity contribution in [3.05, 3.63) is 56.7 Å². The van der Waals surface area contributed by atoms with Gasteiger partial charge in [0.1, 0.15) is 5.75 Å². The summed E-state index contributed by atoms with van der Waals surface area (Å²) in [4.78, 5) is 0. The Bertz CT molecular complexity index is 575. The summed E-state index contributed by atoms with van der Waals surface area (Å²) in [6, 6.07) is 10.6. The first kappa shape index (κ1) is 13.5. The van der Waals surface area contributed by atoms with Gasteiger partial charge in [-0.15, -0.1) is 0 Å². The van der Waals surface area contributed by atoms with Crippen molar-refractivity contribution in [1.29, 1.82) is 0 Å². The molecule has 2 N–H and O–H groups in total. The lowest BCUT2D eigenvalue weighted by Gasteiger charge is -2.11. The van der Waals surface area contributed by atoms with Gasteiger partial charge in [-0.2, -0.15) is 0 Å². The zero-order valence-corrected chi connectivity index (χ0v) is 12.5. The molecule has 0 unspecified atom stereocenters. The summed E-state index contributed by atoms with van der Waals surface area (Å²) in [5.74, 6) is 0.267. The van der Waals surface area contributed by atoms with E-state index in [1.807, 2.05) is 18.2 Å². The molecule has 0 saturated carbocycles. The highest BCUT2D eigenvalue weighted by Gasteiger charge is 2.13. The van der Waals surface area contributed by atoms with E-state index in [1.165, 1.54) is 0 Å². The first-order valence-corrected chi connectivity index (χ1v) is 6.81. The van der Waals surface area contributed by atoms with Crippen molar-refractivity contribution in [2.24, 2.45) is 5.73 Å². The summed E-state index contributed by atoms with van der Waals surface area (Å²) in [5.41, 5.74) is 6.20. The number of ether oxygens (including phenoxy) is 1. The van der Waals surface area contributed by atoms with Gasteiger partial charge in [-0.25, -0.2) is 4.39 Å². The van der Waals surface area contributed by atoms with Gasteiger partial charge in [-0.1, -0.05) is 18.2 Å². The van der Waals surface area contributed by atoms with Crippen LogP contribution in [0.5, 0.6) is 11.5 Å². The van der Waals surface area contributed by atoms with Crippen LogP contribution in [0.4, 0.5) is 4.39 Å². The highest BCUT2D eigenvalue weighted by atomic mass is 79.9. The van der Waals surface area contributed by atoms with Crippen LogP contribution in [-0.2, 0) is 6.54 Å². The highest BCUT2D eigenvalue weighted by Crippen LogP contribution is 2.34. The van der Waals surface area contributed by atoms with Crippen LogP contribution in [0.3, 0.4) is 0 Å². The Morgan fingerprint density at radius 1 is 1.06 bits per heavy atom. The summed E-state index contributed by atoms with van der Waals surface area (Å²) in [6.45, 7) is 0.271. The van der Waals surface area contributed by atoms with E-state index in [9.17, 15) is 4.39 Å². The van der Waals surface area contributed by atoms with Crippen LogP contribution < -0.4 is 10.5 Å². The molecule has 0 atom stereocenters. The zero-order valence-electron chi connectivity index (χ0n) is 9.29. The Morgan fingerprint density at radius 3 is 2.44 bits per heavy atom. The maximum Gasteiger partial charge on any atom is 0.180 e. The van der Waals surface area contributed by atoms with Crippen LogP contribution >= 0.6 is 31.9 Å². The maximum absolute atomic E-state index is 14.0. The third kappa shape index (κ3) is 2.74. The summed E-state index contributed by atoms with van der Waals surface area (Å²) in [6.07, 6.45) is 0. The van der Waals surface area contributed by atoms with Crippen LogP contribution in [0.2, 0.25) is 0 Å². The molecule has 0 aromatic heterocycles. The van der Waals surface area contributed by atoms with E-state index in [4.69, 9.17) is 10.5 Å². The van der Waals surface area contributed by atoms with Gasteiger partial charge in [-0.3, -0.25) is 0 Å². The third-order valence-electron chi connectivity index (χ3n) is 2.40. The van der Waals surface area contributed by atoms with E-state index >= 15 is 0 Å². The number of rotatable bonds is 3. The van der Waals surface area contributed by atoms with Crippen molar-refractivity contribution in [3.63, 3.8) is 0 Å². The van der Waals surface area contributed by atoms with Crippen molar-refractivity contribution < 1.29 is 9.13 Å². The minimum atomic E-state index is -0.450. The van der Waals surface area contributed by atoms with E-state index in [1.54, 1.807) is 18.2 Å². The van der Waals surface area contributed by atoms with E-state index in [2.05, 4.69) is 31.9 Å². The lowest BCUT2D eigenvalue weighted by molar-refractivity contribution is 0.437. The van der Waals surface area contributed by atoms with Crippen molar-refractivity contribution in [3.8, 4) is 11.5 Å². The van der Waals surface area contributed by atoms with Gasteiger partial charge in [0.25, 0.3) is 0 Å². The van der Waals surface area contributed by atoms with Crippen molar-refractivity contribution >= 4 is 31.9 Å². The van der Waals surface area contributed by atoms with Crippen LogP contribution in [0.1, 0.15) is 5.56 Å². The van der Waals surface area contributed by atoms with Crippen LogP contribution in [0.25, 0.3) is 0 Å². The molecule has 0 heterocycles. The summed E-state index contributed by atoms with van der Waals surface area (Å²) < 4.78 is 20.7. The second-order valence-electron chi connectivity index (χ2n) is 3.59. The predicted octanol–water partition coefficient (Wildman–Crippen LogP) is 4.60. The number of halogens is 3. The molecule has 94 valence electrons. The molecule has 0 amide bonds. The monoisotopic (exact) mass is 373 g/mol. The van der Waals surface area contributed by atoms with Gasteiger partial charge in [0.05, 0.1) is 8.95 Å². The smallest absolute Gasteiger partial charge is 0.180 e. The fraction of sp³-hybridized carbons (Fsp3) is 0.0769. The summed E-state index contributed by atoms with van der Waals surface area (Å²) in [5, 5.41) is 0. The molecule has 0 aliphatic heterocycles. The molecule has 2 rings (SSSR count). The Balaban J connectivity index is 2.36. The van der Waals surface area contributed by atoms with E-state index < -0.39 is 5.82 Å². The first-order chi connectivity index (χ1) is 8.63. The molecule has 2 aromatic carbocycles. The van der Waals surface area contributed by atoms with Crippen LogP contribution in [0.15, 0.2) is 45.3 Å². The van der Waals surface area contributed by atoms with Gasteiger partial charge in [-0.05, 0) is 55.6 Å². The third-order valence-corrected chi connectivity index (χ3v) is 3.92. The average molecular weight is 375 g/mol. The highest BCUT2D eigenvalue weighted by molar-refractivity contribution is 9.10. The molecule has 0 aliphatic rings. The van der Waals surface area contributed by atoms with E-state index in [0.29, 0.717) is 15.8 Å². The molecule has 0 saturated heterocycles. The van der Waals surface area contributed by atoms with Crippen LogP contribution in [0, 0.1) is 5.82 Å². The Hall–Kier alpha value is -0.910. The molecule has 2 aromatic rings. The largest absolute Gasteiger partial charge is 0.453 e. The maximum atomic E-state index is 14.0. The summed E-state index contributed by atoms with van der Waals surface area (Å²) in [7, 11) is 0. The fourth-order valence-electron chi connectivity index (χ4n) is 1.45. The predicted molar refractivity (Wildman–Crippen MR) is 76.2 cm³/mol. The standard InChI is InChI=1S/C13H10Br2FNO/c14-9-3-1-2-4-10(9)18-11-6-5-8(7-17)12(15)13(11)16/h1-6H,7,17H2. The molecule has 18 heavy (non-hydrogen) atoms. The van der Waals surface area contributed by atoms with Crippen molar-refractivity contribution in [2.75, 3.05) is 0 Å². The van der Waals surface area contributed by atoms with Gasteiger partial charge < -0.3 is 10.5 Å². The zero-order chi connectivity index (χ0) is 13.1. The normalized spacial score (nSPS) is 10.4. The fourth-order valence-corrected chi connectivity index (χ4v) is 2.31. The molecule has 0 bridgehead atoms. The molecule has 0 aliphatic carbocycles. The Kier molecular flexibility index (Phi) is 4.37. The van der Waals surface area contributed by atoms with Crippen molar-refractivity contribution in [1.82, 2.24) is 0 Å². The molecule has 0 radical (unpaired) electrons. The topological polar surface area (TPSA) is 35.2 Å². The quantitative estimate of drug-likeness (QED) is 0.851. The number of hydrogen-bond donors (Lipinski definition) is 1. The molecular formula is C13H10Br2FNO. The molecule has 0 spiro atoms. The first-order valence-electron chi connectivity index (χ1n) is 5.23. The molecule has 5 heteroatoms. The molecule has 2 nitrogen and oxygen atoms in total. The number of para-hydroxylation sites is 1. The minimum absolute atomic E-state index is 0.158. The molecular weight excluding hydrogens is 365 g/mol.